The number of hydrogen-bond donors (Lipinski definition) is 1. The summed E-state index contributed by atoms with van der Waals surface area (Å²) >= 11 is 3.39. The average Bonchev–Trinajstić information content (AvgIpc) is 2.29. The van der Waals surface area contributed by atoms with Crippen LogP contribution in [0.5, 0.6) is 0 Å². The van der Waals surface area contributed by atoms with Crippen molar-refractivity contribution in [2.75, 3.05) is 20.7 Å². The molecule has 0 saturated carbocycles. The first-order valence-corrected chi connectivity index (χ1v) is 6.07. The van der Waals surface area contributed by atoms with E-state index < -0.39 is 0 Å². The summed E-state index contributed by atoms with van der Waals surface area (Å²) < 4.78 is 5.43. The van der Waals surface area contributed by atoms with Crippen LogP contribution >= 0.6 is 15.9 Å². The van der Waals surface area contributed by atoms with Crippen LogP contribution in [-0.2, 0) is 16.1 Å². The van der Waals surface area contributed by atoms with Crippen molar-refractivity contribution >= 4 is 27.8 Å². The molecule has 0 radical (unpaired) electrons. The van der Waals surface area contributed by atoms with Gasteiger partial charge in [-0.25, -0.2) is 4.79 Å². The number of methoxy groups -OCH3 is 1. The Morgan fingerprint density at radius 2 is 2.11 bits per heavy atom. The van der Waals surface area contributed by atoms with Crippen molar-refractivity contribution in [3.05, 3.63) is 33.8 Å². The summed E-state index contributed by atoms with van der Waals surface area (Å²) in [4.78, 5) is 23.9. The summed E-state index contributed by atoms with van der Waals surface area (Å²) in [6.07, 6.45) is 0. The Balaban J connectivity index is 2.79. The van der Waals surface area contributed by atoms with E-state index in [1.165, 1.54) is 7.11 Å². The maximum atomic E-state index is 11.3. The Morgan fingerprint density at radius 3 is 2.61 bits per heavy atom. The molecule has 0 spiro atoms. The number of esters is 1. The smallest absolute Gasteiger partial charge is 0.337 e. The fourth-order valence-corrected chi connectivity index (χ4v) is 2.04. The first-order chi connectivity index (χ1) is 8.43. The predicted octanol–water partition coefficient (Wildman–Crippen LogP) is 1.15. The summed E-state index contributed by atoms with van der Waals surface area (Å²) in [5.74, 6) is -0.757. The first kappa shape index (κ1) is 14.7. The highest BCUT2D eigenvalue weighted by Crippen LogP contribution is 2.20. The van der Waals surface area contributed by atoms with Crippen molar-refractivity contribution in [3.8, 4) is 0 Å². The second-order valence-corrected chi connectivity index (χ2v) is 4.79. The Hall–Kier alpha value is -1.40. The number of carbonyl (C=O) groups is 2. The number of ether oxygens (including phenoxy) is 1. The number of carbonyl (C=O) groups excluding carboxylic acids is 2. The van der Waals surface area contributed by atoms with E-state index in [-0.39, 0.29) is 18.4 Å². The fraction of sp³-hybridized carbons (Fsp3) is 0.333. The van der Waals surface area contributed by atoms with Crippen LogP contribution in [0.4, 0.5) is 0 Å². The summed E-state index contributed by atoms with van der Waals surface area (Å²) in [5.41, 5.74) is 6.56. The molecule has 5 nitrogen and oxygen atoms in total. The van der Waals surface area contributed by atoms with E-state index in [9.17, 15) is 9.59 Å². The zero-order valence-electron chi connectivity index (χ0n) is 10.3. The molecule has 1 aromatic rings. The highest BCUT2D eigenvalue weighted by Gasteiger charge is 2.10. The van der Waals surface area contributed by atoms with Crippen LogP contribution in [0.15, 0.2) is 22.7 Å². The molecule has 0 unspecified atom stereocenters. The number of nitrogens with zero attached hydrogens (tertiary/aromatic N) is 1. The van der Waals surface area contributed by atoms with E-state index in [1.807, 2.05) is 6.07 Å². The number of rotatable bonds is 5. The van der Waals surface area contributed by atoms with Gasteiger partial charge in [-0.05, 0) is 24.7 Å². The molecule has 0 saturated heterocycles. The minimum atomic E-state index is -0.382. The highest BCUT2D eigenvalue weighted by molar-refractivity contribution is 9.10. The van der Waals surface area contributed by atoms with E-state index >= 15 is 0 Å². The molecule has 0 bridgehead atoms. The predicted molar refractivity (Wildman–Crippen MR) is 71.0 cm³/mol. The molecule has 1 rings (SSSR count). The van der Waals surface area contributed by atoms with Crippen molar-refractivity contribution in [3.63, 3.8) is 0 Å². The molecule has 6 heteroatoms. The zero-order chi connectivity index (χ0) is 13.7. The van der Waals surface area contributed by atoms with Gasteiger partial charge in [-0.15, -0.1) is 0 Å². The normalized spacial score (nSPS) is 10.4. The van der Waals surface area contributed by atoms with Gasteiger partial charge in [0.25, 0.3) is 0 Å². The van der Waals surface area contributed by atoms with E-state index in [0.29, 0.717) is 12.1 Å². The third-order valence-corrected chi connectivity index (χ3v) is 3.08. The number of amides is 1. The van der Waals surface area contributed by atoms with Gasteiger partial charge >= 0.3 is 5.97 Å². The Morgan fingerprint density at radius 1 is 1.44 bits per heavy atom. The summed E-state index contributed by atoms with van der Waals surface area (Å²) in [7, 11) is 3.14. The van der Waals surface area contributed by atoms with Crippen LogP contribution in [0.25, 0.3) is 0 Å². The van der Waals surface area contributed by atoms with Crippen molar-refractivity contribution < 1.29 is 14.3 Å². The molecular weight excluding hydrogens is 300 g/mol. The van der Waals surface area contributed by atoms with Gasteiger partial charge in [-0.1, -0.05) is 22.0 Å². The lowest BCUT2D eigenvalue weighted by Gasteiger charge is -2.15. The zero-order valence-corrected chi connectivity index (χ0v) is 11.9. The summed E-state index contributed by atoms with van der Waals surface area (Å²) in [6.45, 7) is 0.746. The van der Waals surface area contributed by atoms with Gasteiger partial charge in [0.15, 0.2) is 0 Å². The Labute approximate surface area is 114 Å². The van der Waals surface area contributed by atoms with Crippen molar-refractivity contribution in [2.24, 2.45) is 5.73 Å². The number of likely N-dealkylation sites (N-methyl/N-ethyl adjacent to an activating group) is 1. The Kier molecular flexibility index (Phi) is 5.30. The lowest BCUT2D eigenvalue weighted by atomic mass is 10.1. The summed E-state index contributed by atoms with van der Waals surface area (Å²) in [5, 5.41) is 0. The molecule has 1 aromatic carbocycles. The van der Waals surface area contributed by atoms with Crippen LogP contribution in [0.1, 0.15) is 15.9 Å². The quantitative estimate of drug-likeness (QED) is 0.828. The second kappa shape index (κ2) is 6.51. The van der Waals surface area contributed by atoms with Crippen LogP contribution in [-0.4, -0.2) is 37.5 Å². The molecular formula is C12H15BrN2O3. The van der Waals surface area contributed by atoms with Crippen LogP contribution in [0.2, 0.25) is 0 Å². The van der Waals surface area contributed by atoms with Gasteiger partial charge in [0.1, 0.15) is 0 Å². The molecule has 1 amide bonds. The number of halogens is 1. The van der Waals surface area contributed by atoms with Gasteiger partial charge in [0.05, 0.1) is 19.2 Å². The molecule has 0 aromatic heterocycles. The topological polar surface area (TPSA) is 72.6 Å². The van der Waals surface area contributed by atoms with Crippen LogP contribution in [0, 0.1) is 0 Å². The minimum Gasteiger partial charge on any atom is -0.465 e. The molecule has 0 fully saturated rings. The molecule has 0 aliphatic rings. The van der Waals surface area contributed by atoms with Gasteiger partial charge < -0.3 is 10.5 Å². The number of nitrogens with two attached hydrogens (primary N) is 1. The number of hydrogen-bond acceptors (Lipinski definition) is 4. The molecule has 0 atom stereocenters. The first-order valence-electron chi connectivity index (χ1n) is 5.27. The summed E-state index contributed by atoms with van der Waals surface area (Å²) in [6, 6.07) is 5.19. The standard InChI is InChI=1S/C12H15BrN2O3/c1-15(7-11(14)16)6-9-4-3-8(5-10(9)13)12(17)18-2/h3-5H,6-7H2,1-2H3,(H2,14,16). The largest absolute Gasteiger partial charge is 0.465 e. The highest BCUT2D eigenvalue weighted by atomic mass is 79.9. The minimum absolute atomic E-state index is 0.186. The van der Waals surface area contributed by atoms with Gasteiger partial charge in [0, 0.05) is 11.0 Å². The van der Waals surface area contributed by atoms with Gasteiger partial charge in [0.2, 0.25) is 5.91 Å². The number of primary amides is 1. The van der Waals surface area contributed by atoms with Crippen molar-refractivity contribution in [1.29, 1.82) is 0 Å². The second-order valence-electron chi connectivity index (χ2n) is 3.94. The van der Waals surface area contributed by atoms with E-state index in [2.05, 4.69) is 20.7 Å². The lowest BCUT2D eigenvalue weighted by molar-refractivity contribution is -0.118. The molecule has 0 aliphatic heterocycles. The molecule has 2 N–H and O–H groups in total. The Bertz CT molecular complexity index is 463. The number of benzene rings is 1. The third kappa shape index (κ3) is 4.12. The van der Waals surface area contributed by atoms with E-state index in [1.54, 1.807) is 24.1 Å². The lowest BCUT2D eigenvalue weighted by Crippen LogP contribution is -2.30. The molecule has 18 heavy (non-hydrogen) atoms. The van der Waals surface area contributed by atoms with Crippen molar-refractivity contribution in [2.45, 2.75) is 6.54 Å². The average molecular weight is 315 g/mol. The van der Waals surface area contributed by atoms with E-state index in [0.717, 1.165) is 10.0 Å². The third-order valence-electron chi connectivity index (χ3n) is 2.34. The van der Waals surface area contributed by atoms with Crippen molar-refractivity contribution in [1.82, 2.24) is 4.90 Å². The van der Waals surface area contributed by atoms with Gasteiger partial charge in [-0.2, -0.15) is 0 Å². The SMILES string of the molecule is COC(=O)c1ccc(CN(C)CC(N)=O)c(Br)c1. The molecule has 98 valence electrons. The van der Waals surface area contributed by atoms with Crippen LogP contribution < -0.4 is 5.73 Å². The van der Waals surface area contributed by atoms with Crippen LogP contribution in [0.3, 0.4) is 0 Å². The molecule has 0 heterocycles. The fourth-order valence-electron chi connectivity index (χ4n) is 1.53. The maximum Gasteiger partial charge on any atom is 0.337 e. The monoisotopic (exact) mass is 314 g/mol. The van der Waals surface area contributed by atoms with Gasteiger partial charge in [-0.3, -0.25) is 9.69 Å². The maximum absolute atomic E-state index is 11.3. The van der Waals surface area contributed by atoms with E-state index in [4.69, 9.17) is 5.73 Å². The molecule has 0 aliphatic carbocycles.